The first kappa shape index (κ1) is 11.1. The molecule has 1 unspecified atom stereocenters. The Kier molecular flexibility index (Phi) is 2.83. The van der Waals surface area contributed by atoms with Crippen molar-refractivity contribution in [3.05, 3.63) is 30.3 Å². The highest BCUT2D eigenvalue weighted by atomic mass is 15.3. The van der Waals surface area contributed by atoms with E-state index in [1.165, 1.54) is 31.7 Å². The molecular weight excluding hydrogens is 208 g/mol. The molecule has 3 rings (SSSR count). The number of fused-ring (bicyclic) bond motifs is 1. The third kappa shape index (κ3) is 1.95. The van der Waals surface area contributed by atoms with Gasteiger partial charge in [-0.15, -0.1) is 0 Å². The molecule has 2 saturated heterocycles. The summed E-state index contributed by atoms with van der Waals surface area (Å²) >= 11 is 0. The maximum atomic E-state index is 2.63. The van der Waals surface area contributed by atoms with E-state index in [9.17, 15) is 0 Å². The van der Waals surface area contributed by atoms with Crippen molar-refractivity contribution in [2.45, 2.75) is 32.4 Å². The van der Waals surface area contributed by atoms with Gasteiger partial charge in [-0.1, -0.05) is 18.2 Å². The Morgan fingerprint density at radius 3 is 2.59 bits per heavy atom. The summed E-state index contributed by atoms with van der Waals surface area (Å²) in [4.78, 5) is 5.25. The van der Waals surface area contributed by atoms with Gasteiger partial charge in [0.2, 0.25) is 0 Å². The number of nitrogens with zero attached hydrogens (tertiary/aromatic N) is 2. The summed E-state index contributed by atoms with van der Waals surface area (Å²) in [5.74, 6) is 0.887. The van der Waals surface area contributed by atoms with Crippen LogP contribution in [-0.2, 0) is 0 Å². The molecule has 0 aromatic heterocycles. The fourth-order valence-electron chi connectivity index (χ4n) is 3.36. The quantitative estimate of drug-likeness (QED) is 0.770. The maximum absolute atomic E-state index is 2.63. The second-order valence-corrected chi connectivity index (χ2v) is 5.69. The predicted molar refractivity (Wildman–Crippen MR) is 72.4 cm³/mol. The van der Waals surface area contributed by atoms with Gasteiger partial charge in [-0.25, -0.2) is 0 Å². The van der Waals surface area contributed by atoms with Gasteiger partial charge < -0.3 is 4.90 Å². The molecule has 2 atom stereocenters. The van der Waals surface area contributed by atoms with Gasteiger partial charge in [0.25, 0.3) is 0 Å². The molecule has 0 saturated carbocycles. The molecule has 2 aliphatic heterocycles. The third-order valence-electron chi connectivity index (χ3n) is 4.39. The normalized spacial score (nSPS) is 29.0. The lowest BCUT2D eigenvalue weighted by molar-refractivity contribution is 0.259. The molecule has 1 aromatic carbocycles. The van der Waals surface area contributed by atoms with E-state index in [1.54, 1.807) is 0 Å². The van der Waals surface area contributed by atoms with Crippen LogP contribution in [0.2, 0.25) is 0 Å². The van der Waals surface area contributed by atoms with Crippen LogP contribution in [0.15, 0.2) is 30.3 Å². The monoisotopic (exact) mass is 230 g/mol. The van der Waals surface area contributed by atoms with Crippen LogP contribution in [-0.4, -0.2) is 36.6 Å². The molecule has 2 nitrogen and oxygen atoms in total. The molecule has 92 valence electrons. The summed E-state index contributed by atoms with van der Waals surface area (Å²) in [5, 5.41) is 0. The van der Waals surface area contributed by atoms with Crippen LogP contribution in [0.25, 0.3) is 0 Å². The van der Waals surface area contributed by atoms with Crippen LogP contribution in [0.3, 0.4) is 0 Å². The summed E-state index contributed by atoms with van der Waals surface area (Å²) in [6.45, 7) is 8.41. The number of rotatable bonds is 2. The van der Waals surface area contributed by atoms with Crippen LogP contribution >= 0.6 is 0 Å². The Balaban J connectivity index is 1.77. The first-order valence-electron chi connectivity index (χ1n) is 6.81. The summed E-state index contributed by atoms with van der Waals surface area (Å²) in [6.07, 6.45) is 1.36. The van der Waals surface area contributed by atoms with E-state index < -0.39 is 0 Å². The van der Waals surface area contributed by atoms with Crippen molar-refractivity contribution in [2.75, 3.05) is 24.5 Å². The zero-order valence-electron chi connectivity index (χ0n) is 10.8. The van der Waals surface area contributed by atoms with E-state index in [0.29, 0.717) is 6.04 Å². The van der Waals surface area contributed by atoms with Gasteiger partial charge in [-0.05, 0) is 38.3 Å². The average Bonchev–Trinajstić information content (AvgIpc) is 2.89. The minimum absolute atomic E-state index is 0.693. The van der Waals surface area contributed by atoms with Crippen molar-refractivity contribution < 1.29 is 0 Å². The van der Waals surface area contributed by atoms with Crippen molar-refractivity contribution in [2.24, 2.45) is 5.92 Å². The van der Waals surface area contributed by atoms with Crippen molar-refractivity contribution in [3.8, 4) is 0 Å². The Labute approximate surface area is 104 Å². The predicted octanol–water partition coefficient (Wildman–Crippen LogP) is 2.61. The minimum atomic E-state index is 0.693. The molecule has 0 spiro atoms. The molecule has 0 amide bonds. The summed E-state index contributed by atoms with van der Waals surface area (Å²) in [6, 6.07) is 12.3. The Morgan fingerprint density at radius 1 is 1.12 bits per heavy atom. The van der Waals surface area contributed by atoms with Crippen LogP contribution in [0, 0.1) is 5.92 Å². The largest absolute Gasteiger partial charge is 0.367 e. The molecule has 2 heteroatoms. The van der Waals surface area contributed by atoms with Gasteiger partial charge in [0.05, 0.1) is 0 Å². The van der Waals surface area contributed by atoms with Gasteiger partial charge in [-0.3, -0.25) is 4.90 Å². The van der Waals surface area contributed by atoms with Gasteiger partial charge in [-0.2, -0.15) is 0 Å². The van der Waals surface area contributed by atoms with Gasteiger partial charge in [0, 0.05) is 37.4 Å². The maximum Gasteiger partial charge on any atom is 0.0458 e. The van der Waals surface area contributed by atoms with E-state index in [2.05, 4.69) is 54.0 Å². The first-order chi connectivity index (χ1) is 8.25. The molecule has 0 bridgehead atoms. The molecular formula is C15H22N2. The highest BCUT2D eigenvalue weighted by Gasteiger charge is 2.41. The molecule has 1 aromatic rings. The lowest BCUT2D eigenvalue weighted by atomic mass is 10.1. The average molecular weight is 230 g/mol. The number of benzene rings is 1. The van der Waals surface area contributed by atoms with E-state index >= 15 is 0 Å². The Hall–Kier alpha value is -1.02. The minimum Gasteiger partial charge on any atom is -0.367 e. The summed E-state index contributed by atoms with van der Waals surface area (Å²) in [5.41, 5.74) is 1.41. The number of likely N-dealkylation sites (tertiary alicyclic amines) is 1. The van der Waals surface area contributed by atoms with Gasteiger partial charge in [0.1, 0.15) is 0 Å². The third-order valence-corrected chi connectivity index (χ3v) is 4.39. The summed E-state index contributed by atoms with van der Waals surface area (Å²) in [7, 11) is 0. The molecule has 2 aliphatic rings. The molecule has 2 heterocycles. The number of hydrogen-bond acceptors (Lipinski definition) is 2. The van der Waals surface area contributed by atoms with Gasteiger partial charge >= 0.3 is 0 Å². The second-order valence-electron chi connectivity index (χ2n) is 5.69. The molecule has 0 N–H and O–H groups in total. The van der Waals surface area contributed by atoms with Crippen molar-refractivity contribution in [1.82, 2.24) is 4.90 Å². The number of anilines is 1. The second kappa shape index (κ2) is 4.34. The van der Waals surface area contributed by atoms with E-state index in [4.69, 9.17) is 0 Å². The van der Waals surface area contributed by atoms with Crippen LogP contribution in [0.5, 0.6) is 0 Å². The topological polar surface area (TPSA) is 6.48 Å². The molecule has 0 aliphatic carbocycles. The molecule has 0 radical (unpaired) electrons. The highest BCUT2D eigenvalue weighted by molar-refractivity contribution is 5.49. The Morgan fingerprint density at radius 2 is 1.88 bits per heavy atom. The van der Waals surface area contributed by atoms with Crippen molar-refractivity contribution in [3.63, 3.8) is 0 Å². The SMILES string of the molecule is CC(C)N1CC2[C@@H](CCN2c2ccccc2)C1. The van der Waals surface area contributed by atoms with E-state index in [-0.39, 0.29) is 0 Å². The zero-order valence-corrected chi connectivity index (χ0v) is 10.8. The number of hydrogen-bond donors (Lipinski definition) is 0. The highest BCUT2D eigenvalue weighted by Crippen LogP contribution is 2.35. The van der Waals surface area contributed by atoms with E-state index in [0.717, 1.165) is 12.0 Å². The summed E-state index contributed by atoms with van der Waals surface area (Å²) < 4.78 is 0. The fraction of sp³-hybridized carbons (Fsp3) is 0.600. The lowest BCUT2D eigenvalue weighted by Crippen LogP contribution is -2.37. The van der Waals surface area contributed by atoms with Crippen LogP contribution in [0.4, 0.5) is 5.69 Å². The van der Waals surface area contributed by atoms with Crippen molar-refractivity contribution >= 4 is 5.69 Å². The Bertz CT molecular complexity index is 374. The molecule has 2 fully saturated rings. The van der Waals surface area contributed by atoms with Crippen molar-refractivity contribution in [1.29, 1.82) is 0 Å². The fourth-order valence-corrected chi connectivity index (χ4v) is 3.36. The first-order valence-corrected chi connectivity index (χ1v) is 6.81. The smallest absolute Gasteiger partial charge is 0.0458 e. The lowest BCUT2D eigenvalue weighted by Gasteiger charge is -2.28. The van der Waals surface area contributed by atoms with Gasteiger partial charge in [0.15, 0.2) is 0 Å². The standard InChI is InChI=1S/C15H22N2/c1-12(2)16-10-13-8-9-17(15(13)11-16)14-6-4-3-5-7-14/h3-7,12-13,15H,8-11H2,1-2H3/t13-,15?/m0/s1. The zero-order chi connectivity index (χ0) is 11.8. The molecule has 17 heavy (non-hydrogen) atoms. The van der Waals surface area contributed by atoms with E-state index in [1.807, 2.05) is 0 Å². The van der Waals surface area contributed by atoms with Crippen LogP contribution in [0.1, 0.15) is 20.3 Å². The number of para-hydroxylation sites is 1. The van der Waals surface area contributed by atoms with Crippen LogP contribution < -0.4 is 4.90 Å².